The zero-order valence-corrected chi connectivity index (χ0v) is 15.8. The third-order valence-electron chi connectivity index (χ3n) is 4.18. The Morgan fingerprint density at radius 1 is 1.35 bits per heavy atom. The number of hydrogen-bond donors (Lipinski definition) is 1. The lowest BCUT2D eigenvalue weighted by atomic mass is 10.1. The summed E-state index contributed by atoms with van der Waals surface area (Å²) in [6.07, 6.45) is 1.21. The van der Waals surface area contributed by atoms with Crippen molar-refractivity contribution in [2.75, 3.05) is 22.6 Å². The van der Waals surface area contributed by atoms with Crippen molar-refractivity contribution in [1.29, 1.82) is 0 Å². The van der Waals surface area contributed by atoms with Crippen LogP contribution >= 0.6 is 11.8 Å². The van der Waals surface area contributed by atoms with Crippen molar-refractivity contribution in [3.05, 3.63) is 35.9 Å². The van der Waals surface area contributed by atoms with Crippen molar-refractivity contribution in [1.82, 2.24) is 14.8 Å². The smallest absolute Gasteiger partial charge is 0.234 e. The summed E-state index contributed by atoms with van der Waals surface area (Å²) in [5, 5.41) is 11.5. The van der Waals surface area contributed by atoms with Crippen LogP contribution in [0.1, 0.15) is 12.2 Å². The lowest BCUT2D eigenvalue weighted by Gasteiger charge is -2.08. The van der Waals surface area contributed by atoms with Crippen LogP contribution in [-0.4, -0.2) is 46.3 Å². The van der Waals surface area contributed by atoms with Crippen molar-refractivity contribution in [2.45, 2.75) is 18.0 Å². The van der Waals surface area contributed by atoms with E-state index in [-0.39, 0.29) is 34.9 Å². The van der Waals surface area contributed by atoms with E-state index in [1.165, 1.54) is 36.0 Å². The van der Waals surface area contributed by atoms with E-state index in [4.69, 9.17) is 0 Å². The van der Waals surface area contributed by atoms with Gasteiger partial charge in [-0.3, -0.25) is 4.79 Å². The molecule has 1 aromatic heterocycles. The maximum atomic E-state index is 12.9. The average Bonchev–Trinajstić information content (AvgIpc) is 3.11. The molecule has 140 valence electrons. The summed E-state index contributed by atoms with van der Waals surface area (Å²) in [6.45, 7) is 0. The Labute approximate surface area is 155 Å². The van der Waals surface area contributed by atoms with Gasteiger partial charge in [-0.05, 0) is 36.6 Å². The number of carbonyl (C=O) groups excluding carboxylic acids is 1. The first kappa shape index (κ1) is 18.8. The Morgan fingerprint density at radius 3 is 2.73 bits per heavy atom. The van der Waals surface area contributed by atoms with Gasteiger partial charge in [-0.15, -0.1) is 10.2 Å². The fourth-order valence-corrected chi connectivity index (χ4v) is 5.39. The molecular formula is C16H19FN4O3S2. The van der Waals surface area contributed by atoms with Gasteiger partial charge in [0.2, 0.25) is 5.91 Å². The number of amides is 1. The highest BCUT2D eigenvalue weighted by Crippen LogP contribution is 2.23. The number of thioether (sulfide) groups is 1. The summed E-state index contributed by atoms with van der Waals surface area (Å²) in [6, 6.07) is 5.55. The lowest BCUT2D eigenvalue weighted by molar-refractivity contribution is -0.113. The number of sulfone groups is 1. The molecule has 1 atom stereocenters. The summed E-state index contributed by atoms with van der Waals surface area (Å²) in [5.74, 6) is 0.771. The fraction of sp³-hybridized carbons (Fsp3) is 0.438. The van der Waals surface area contributed by atoms with Crippen molar-refractivity contribution in [3.63, 3.8) is 0 Å². The van der Waals surface area contributed by atoms with Crippen molar-refractivity contribution in [3.8, 4) is 0 Å². The molecule has 1 aliphatic heterocycles. The van der Waals surface area contributed by atoms with Gasteiger partial charge >= 0.3 is 0 Å². The molecular weight excluding hydrogens is 379 g/mol. The molecule has 1 saturated heterocycles. The maximum absolute atomic E-state index is 12.9. The van der Waals surface area contributed by atoms with Crippen molar-refractivity contribution in [2.24, 2.45) is 13.0 Å². The molecule has 1 fully saturated rings. The largest absolute Gasteiger partial charge is 0.325 e. The van der Waals surface area contributed by atoms with Gasteiger partial charge in [-0.1, -0.05) is 11.8 Å². The summed E-state index contributed by atoms with van der Waals surface area (Å²) in [4.78, 5) is 12.0. The van der Waals surface area contributed by atoms with E-state index in [0.717, 1.165) is 0 Å². The molecule has 1 amide bonds. The van der Waals surface area contributed by atoms with Crippen LogP contribution in [0.4, 0.5) is 10.1 Å². The van der Waals surface area contributed by atoms with Crippen LogP contribution in [0.25, 0.3) is 0 Å². The predicted octanol–water partition coefficient (Wildman–Crippen LogP) is 1.66. The van der Waals surface area contributed by atoms with Crippen LogP contribution in [0.15, 0.2) is 29.4 Å². The first-order valence-electron chi connectivity index (χ1n) is 8.09. The van der Waals surface area contributed by atoms with E-state index in [0.29, 0.717) is 29.5 Å². The monoisotopic (exact) mass is 398 g/mol. The number of rotatable bonds is 6. The molecule has 0 unspecified atom stereocenters. The van der Waals surface area contributed by atoms with Crippen LogP contribution in [0, 0.1) is 11.7 Å². The predicted molar refractivity (Wildman–Crippen MR) is 97.2 cm³/mol. The van der Waals surface area contributed by atoms with Gasteiger partial charge in [0, 0.05) is 19.2 Å². The van der Waals surface area contributed by atoms with Gasteiger partial charge in [-0.25, -0.2) is 12.8 Å². The highest BCUT2D eigenvalue weighted by Gasteiger charge is 2.29. The van der Waals surface area contributed by atoms with Crippen molar-refractivity contribution < 1.29 is 17.6 Å². The van der Waals surface area contributed by atoms with Gasteiger partial charge < -0.3 is 9.88 Å². The maximum Gasteiger partial charge on any atom is 0.234 e. The molecule has 10 heteroatoms. The van der Waals surface area contributed by atoms with Crippen LogP contribution in [0.5, 0.6) is 0 Å². The standard InChI is InChI=1S/C16H19FN4O3S2/c1-21-14(8-11-6-7-26(23,24)10-11)19-20-16(21)25-9-15(22)18-13-4-2-12(17)3-5-13/h2-5,11H,6-10H2,1H3,(H,18,22)/t11-/m1/s1. The number of anilines is 1. The number of hydrogen-bond acceptors (Lipinski definition) is 6. The Hall–Kier alpha value is -1.94. The zero-order chi connectivity index (χ0) is 18.7. The van der Waals surface area contributed by atoms with Gasteiger partial charge in [0.1, 0.15) is 11.6 Å². The minimum Gasteiger partial charge on any atom is -0.325 e. The van der Waals surface area contributed by atoms with Gasteiger partial charge in [-0.2, -0.15) is 0 Å². The third kappa shape index (κ3) is 4.82. The van der Waals surface area contributed by atoms with Crippen LogP contribution in [-0.2, 0) is 28.1 Å². The number of nitrogens with one attached hydrogen (secondary N) is 1. The Morgan fingerprint density at radius 2 is 2.08 bits per heavy atom. The molecule has 7 nitrogen and oxygen atoms in total. The second kappa shape index (κ2) is 7.75. The molecule has 1 N–H and O–H groups in total. The van der Waals surface area contributed by atoms with Crippen LogP contribution in [0.3, 0.4) is 0 Å². The van der Waals surface area contributed by atoms with E-state index >= 15 is 0 Å². The second-order valence-corrected chi connectivity index (χ2v) is 9.45. The van der Waals surface area contributed by atoms with Crippen molar-refractivity contribution >= 4 is 33.2 Å². The normalized spacial score (nSPS) is 18.8. The minimum atomic E-state index is -2.91. The number of halogens is 1. The quantitative estimate of drug-likeness (QED) is 0.744. The summed E-state index contributed by atoms with van der Waals surface area (Å²) >= 11 is 1.24. The first-order valence-corrected chi connectivity index (χ1v) is 10.9. The summed E-state index contributed by atoms with van der Waals surface area (Å²) < 4.78 is 37.8. The second-order valence-electron chi connectivity index (χ2n) is 6.27. The van der Waals surface area contributed by atoms with E-state index in [1.807, 2.05) is 0 Å². The minimum absolute atomic E-state index is 0.0718. The van der Waals surface area contributed by atoms with Gasteiger partial charge in [0.05, 0.1) is 17.3 Å². The van der Waals surface area contributed by atoms with E-state index in [9.17, 15) is 17.6 Å². The average molecular weight is 398 g/mol. The van der Waals surface area contributed by atoms with Crippen LogP contribution < -0.4 is 5.32 Å². The number of nitrogens with zero attached hydrogens (tertiary/aromatic N) is 3. The molecule has 26 heavy (non-hydrogen) atoms. The fourth-order valence-electron chi connectivity index (χ4n) is 2.80. The molecule has 1 aliphatic rings. The van der Waals surface area contributed by atoms with E-state index in [1.54, 1.807) is 11.6 Å². The molecule has 0 aliphatic carbocycles. The zero-order valence-electron chi connectivity index (χ0n) is 14.2. The van der Waals surface area contributed by atoms with Gasteiger partial charge in [0.15, 0.2) is 15.0 Å². The molecule has 0 saturated carbocycles. The Balaban J connectivity index is 1.53. The molecule has 2 heterocycles. The molecule has 0 radical (unpaired) electrons. The van der Waals surface area contributed by atoms with Crippen LogP contribution in [0.2, 0.25) is 0 Å². The number of benzene rings is 1. The Bertz CT molecular complexity index is 897. The third-order valence-corrected chi connectivity index (χ3v) is 7.04. The topological polar surface area (TPSA) is 93.9 Å². The number of aromatic nitrogens is 3. The molecule has 3 rings (SSSR count). The summed E-state index contributed by atoms with van der Waals surface area (Å²) in [7, 11) is -1.11. The van der Waals surface area contributed by atoms with E-state index < -0.39 is 9.84 Å². The molecule has 2 aromatic rings. The lowest BCUT2D eigenvalue weighted by Crippen LogP contribution is -2.14. The van der Waals surface area contributed by atoms with E-state index in [2.05, 4.69) is 15.5 Å². The first-order chi connectivity index (χ1) is 12.3. The SMILES string of the molecule is Cn1c(C[C@H]2CCS(=O)(=O)C2)nnc1SCC(=O)Nc1ccc(F)cc1. The highest BCUT2D eigenvalue weighted by molar-refractivity contribution is 7.99. The summed E-state index contributed by atoms with van der Waals surface area (Å²) in [5.41, 5.74) is 0.526. The number of carbonyl (C=O) groups is 1. The van der Waals surface area contributed by atoms with Gasteiger partial charge in [0.25, 0.3) is 0 Å². The highest BCUT2D eigenvalue weighted by atomic mass is 32.2. The molecule has 0 spiro atoms. The Kier molecular flexibility index (Phi) is 5.61. The molecule has 1 aromatic carbocycles. The molecule has 0 bridgehead atoms.